The maximum Gasteiger partial charge on any atom is 0.262 e. The second-order valence-corrected chi connectivity index (χ2v) is 5.60. The number of benzene rings is 2. The Morgan fingerprint density at radius 1 is 1.21 bits per heavy atom. The summed E-state index contributed by atoms with van der Waals surface area (Å²) in [4.78, 5) is 12.8. The zero-order chi connectivity index (χ0) is 17.4. The third kappa shape index (κ3) is 2.70. The second kappa shape index (κ2) is 6.14. The molecule has 1 aromatic heterocycles. The fourth-order valence-corrected chi connectivity index (χ4v) is 2.75. The number of hydrogen-bond acceptors (Lipinski definition) is 6. The van der Waals surface area contributed by atoms with Gasteiger partial charge in [0.05, 0.1) is 10.5 Å². The number of halogens is 1. The molecule has 0 amide bonds. The lowest BCUT2D eigenvalue weighted by Crippen LogP contribution is -2.15. The first-order valence-electron chi connectivity index (χ1n) is 6.97. The molecule has 0 aliphatic rings. The van der Waals surface area contributed by atoms with Gasteiger partial charge >= 0.3 is 0 Å². The predicted molar refractivity (Wildman–Crippen MR) is 88.7 cm³/mol. The molecule has 24 heavy (non-hydrogen) atoms. The van der Waals surface area contributed by atoms with Gasteiger partial charge in [-0.3, -0.25) is 19.8 Å². The largest absolute Gasteiger partial charge is 0.508 e. The number of carbonyl (C=O) groups excluding carboxylic acids is 1. The van der Waals surface area contributed by atoms with Crippen molar-refractivity contribution in [3.8, 4) is 5.75 Å². The van der Waals surface area contributed by atoms with Gasteiger partial charge in [0.15, 0.2) is 0 Å². The lowest BCUT2D eigenvalue weighted by molar-refractivity contribution is 0.0292. The van der Waals surface area contributed by atoms with Crippen LogP contribution in [0.2, 0.25) is 5.02 Å². The van der Waals surface area contributed by atoms with Crippen LogP contribution in [0.25, 0.3) is 10.9 Å². The highest BCUT2D eigenvalue weighted by Gasteiger charge is 2.17. The van der Waals surface area contributed by atoms with Crippen LogP contribution in [0.1, 0.15) is 15.9 Å². The molecule has 3 aromatic rings. The first-order valence-corrected chi connectivity index (χ1v) is 7.35. The number of aromatic nitrogens is 1. The van der Waals surface area contributed by atoms with E-state index in [1.807, 2.05) is 0 Å². The van der Waals surface area contributed by atoms with E-state index >= 15 is 0 Å². The molecule has 8 heteroatoms. The average molecular weight is 348 g/mol. The first kappa shape index (κ1) is 16.3. The van der Waals surface area contributed by atoms with Crippen LogP contribution in [-0.2, 0) is 6.54 Å². The zero-order valence-electron chi connectivity index (χ0n) is 12.3. The average Bonchev–Trinajstić information content (AvgIpc) is 2.92. The molecule has 0 fully saturated rings. The molecule has 124 valence electrons. The number of rotatable bonds is 3. The molecular weight excluding hydrogens is 334 g/mol. The van der Waals surface area contributed by atoms with E-state index in [4.69, 9.17) is 27.7 Å². The molecular formula is C16H14ClN3O4. The highest BCUT2D eigenvalue weighted by atomic mass is 35.5. The van der Waals surface area contributed by atoms with Crippen molar-refractivity contribution in [2.75, 3.05) is 5.23 Å². The van der Waals surface area contributed by atoms with Gasteiger partial charge < -0.3 is 10.8 Å². The molecule has 0 saturated carbocycles. The quantitative estimate of drug-likeness (QED) is 0.542. The molecule has 1 heterocycles. The van der Waals surface area contributed by atoms with Crippen LogP contribution in [0.3, 0.4) is 0 Å². The Hall–Kier alpha value is -2.58. The molecule has 0 bridgehead atoms. The molecule has 5 N–H and O–H groups in total. The summed E-state index contributed by atoms with van der Waals surface area (Å²) in [6, 6.07) is 8.78. The molecule has 2 aromatic carbocycles. The van der Waals surface area contributed by atoms with Crippen molar-refractivity contribution in [1.29, 1.82) is 0 Å². The number of phenolic OH excluding ortho intramolecular Hbond substituents is 1. The Morgan fingerprint density at radius 2 is 1.96 bits per heavy atom. The Balaban J connectivity index is 2.16. The minimum Gasteiger partial charge on any atom is -0.508 e. The molecule has 0 spiro atoms. The summed E-state index contributed by atoms with van der Waals surface area (Å²) >= 11 is 5.85. The van der Waals surface area contributed by atoms with E-state index in [1.54, 1.807) is 12.3 Å². The normalized spacial score (nSPS) is 11.0. The van der Waals surface area contributed by atoms with Crippen molar-refractivity contribution in [2.24, 2.45) is 5.73 Å². The summed E-state index contributed by atoms with van der Waals surface area (Å²) in [5, 5.41) is 28.7. The monoisotopic (exact) mass is 347 g/mol. The third-order valence-electron chi connectivity index (χ3n) is 3.72. The van der Waals surface area contributed by atoms with Crippen LogP contribution < -0.4 is 11.0 Å². The van der Waals surface area contributed by atoms with Crippen molar-refractivity contribution in [1.82, 2.24) is 4.57 Å². The summed E-state index contributed by atoms with van der Waals surface area (Å²) in [6.07, 6.45) is 1.59. The molecule has 0 atom stereocenters. The number of phenols is 1. The maximum absolute atomic E-state index is 12.8. The molecule has 0 aliphatic heterocycles. The van der Waals surface area contributed by atoms with Crippen molar-refractivity contribution in [2.45, 2.75) is 6.54 Å². The molecule has 0 aliphatic carbocycles. The van der Waals surface area contributed by atoms with Crippen molar-refractivity contribution in [3.63, 3.8) is 0 Å². The van der Waals surface area contributed by atoms with Crippen LogP contribution in [0, 0.1) is 0 Å². The summed E-state index contributed by atoms with van der Waals surface area (Å²) in [5.41, 5.74) is 7.02. The Bertz CT molecular complexity index is 936. The Morgan fingerprint density at radius 3 is 2.62 bits per heavy atom. The topological polar surface area (TPSA) is 112 Å². The summed E-state index contributed by atoms with van der Waals surface area (Å²) < 4.78 is 1.35. The van der Waals surface area contributed by atoms with Gasteiger partial charge in [-0.1, -0.05) is 11.6 Å². The summed E-state index contributed by atoms with van der Waals surface area (Å²) in [7, 11) is 0. The number of anilines is 1. The van der Waals surface area contributed by atoms with E-state index in [1.165, 1.54) is 34.9 Å². The van der Waals surface area contributed by atoms with E-state index < -0.39 is 5.91 Å². The minimum absolute atomic E-state index is 0.0203. The van der Waals surface area contributed by atoms with Gasteiger partial charge in [-0.05, 0) is 35.9 Å². The van der Waals surface area contributed by atoms with E-state index in [9.17, 15) is 9.90 Å². The van der Waals surface area contributed by atoms with Crippen LogP contribution >= 0.6 is 11.6 Å². The van der Waals surface area contributed by atoms with Gasteiger partial charge in [0, 0.05) is 29.8 Å². The molecule has 3 rings (SSSR count). The summed E-state index contributed by atoms with van der Waals surface area (Å²) in [5.74, 6) is -0.406. The fourth-order valence-electron chi connectivity index (χ4n) is 2.55. The highest BCUT2D eigenvalue weighted by molar-refractivity contribution is 6.33. The molecule has 7 nitrogen and oxygen atoms in total. The second-order valence-electron chi connectivity index (χ2n) is 5.19. The third-order valence-corrected chi connectivity index (χ3v) is 4.04. The highest BCUT2D eigenvalue weighted by Crippen LogP contribution is 2.28. The number of hydrogen-bond donors (Lipinski definition) is 4. The number of carbonyl (C=O) groups is 1. The lowest BCUT2D eigenvalue weighted by atomic mass is 10.1. The van der Waals surface area contributed by atoms with Gasteiger partial charge in [0.1, 0.15) is 11.4 Å². The van der Waals surface area contributed by atoms with Crippen LogP contribution in [0.15, 0.2) is 42.6 Å². The van der Waals surface area contributed by atoms with E-state index in [2.05, 4.69) is 0 Å². The molecule has 0 unspecified atom stereocenters. The van der Waals surface area contributed by atoms with Gasteiger partial charge in [-0.15, -0.1) is 5.23 Å². The van der Waals surface area contributed by atoms with Gasteiger partial charge in [-0.25, -0.2) is 0 Å². The number of nitrogens with zero attached hydrogens (tertiary/aromatic N) is 2. The number of fused-ring (bicyclic) bond motifs is 1. The maximum atomic E-state index is 12.8. The Kier molecular flexibility index (Phi) is 4.16. The van der Waals surface area contributed by atoms with Crippen molar-refractivity contribution < 1.29 is 20.3 Å². The molecule has 0 saturated heterocycles. The van der Waals surface area contributed by atoms with Gasteiger partial charge in [0.2, 0.25) is 0 Å². The lowest BCUT2D eigenvalue weighted by Gasteiger charge is -2.12. The smallest absolute Gasteiger partial charge is 0.262 e. The Labute approximate surface area is 141 Å². The van der Waals surface area contributed by atoms with E-state index in [0.717, 1.165) is 10.9 Å². The minimum atomic E-state index is -0.426. The van der Waals surface area contributed by atoms with Crippen LogP contribution in [0.5, 0.6) is 5.75 Å². The molecule has 0 radical (unpaired) electrons. The standard InChI is InChI=1S/C16H14ClN3O4/c17-13-4-1-9(5-15(13)20(23)24)16(22)19-8-10(7-18)12-3-2-11(21)6-14(12)19/h1-6,8,21,23-24H,7,18H2. The van der Waals surface area contributed by atoms with Crippen LogP contribution in [0.4, 0.5) is 5.69 Å². The summed E-state index contributed by atoms with van der Waals surface area (Å²) in [6.45, 7) is 0.231. The van der Waals surface area contributed by atoms with Gasteiger partial charge in [0.25, 0.3) is 5.91 Å². The van der Waals surface area contributed by atoms with Gasteiger partial charge in [-0.2, -0.15) is 0 Å². The fraction of sp³-hybridized carbons (Fsp3) is 0.0625. The SMILES string of the molecule is NCc1cn(C(=O)c2ccc(Cl)c(N(O)O)c2)c2cc(O)ccc12. The van der Waals surface area contributed by atoms with Crippen LogP contribution in [-0.4, -0.2) is 26.0 Å². The number of aromatic hydroxyl groups is 1. The zero-order valence-corrected chi connectivity index (χ0v) is 13.1. The van der Waals surface area contributed by atoms with E-state index in [0.29, 0.717) is 5.52 Å². The van der Waals surface area contributed by atoms with Crippen molar-refractivity contribution >= 4 is 34.1 Å². The number of nitrogens with two attached hydrogens (primary N) is 1. The first-order chi connectivity index (χ1) is 11.4. The predicted octanol–water partition coefficient (Wildman–Crippen LogP) is 2.73. The van der Waals surface area contributed by atoms with E-state index in [-0.39, 0.29) is 33.8 Å². The van der Waals surface area contributed by atoms with Crippen molar-refractivity contribution in [3.05, 3.63) is 58.7 Å².